The summed E-state index contributed by atoms with van der Waals surface area (Å²) in [5, 5.41) is 11.7. The summed E-state index contributed by atoms with van der Waals surface area (Å²) in [5.74, 6) is 0.863. The molecule has 0 radical (unpaired) electrons. The minimum absolute atomic E-state index is 0.445. The van der Waals surface area contributed by atoms with Crippen molar-refractivity contribution < 1.29 is 9.84 Å². The quantitative estimate of drug-likeness (QED) is 0.805. The van der Waals surface area contributed by atoms with Gasteiger partial charge in [0.25, 0.3) is 0 Å². The number of aliphatic hydroxyl groups is 1. The molecule has 21 heavy (non-hydrogen) atoms. The van der Waals surface area contributed by atoms with Crippen LogP contribution in [0, 0.1) is 0 Å². The highest BCUT2D eigenvalue weighted by atomic mass is 79.9. The summed E-state index contributed by atoms with van der Waals surface area (Å²) in [6.07, 6.45) is 0.659. The van der Waals surface area contributed by atoms with Crippen LogP contribution in [0.3, 0.4) is 0 Å². The van der Waals surface area contributed by atoms with E-state index in [-0.39, 0.29) is 0 Å². The first-order valence-electron chi connectivity index (χ1n) is 6.61. The van der Waals surface area contributed by atoms with Crippen LogP contribution in [0.1, 0.15) is 22.8 Å². The summed E-state index contributed by atoms with van der Waals surface area (Å²) >= 11 is 15.6. The maximum absolute atomic E-state index is 10.4. The van der Waals surface area contributed by atoms with E-state index in [1.54, 1.807) is 6.07 Å². The molecule has 0 bridgehead atoms. The molecule has 5 heteroatoms. The topological polar surface area (TPSA) is 29.5 Å². The van der Waals surface area contributed by atoms with E-state index in [1.807, 2.05) is 24.3 Å². The fourth-order valence-corrected chi connectivity index (χ4v) is 3.24. The Morgan fingerprint density at radius 2 is 2.05 bits per heavy atom. The molecule has 1 aliphatic heterocycles. The lowest BCUT2D eigenvalue weighted by atomic mass is 9.99. The van der Waals surface area contributed by atoms with Gasteiger partial charge in [0.05, 0.1) is 17.7 Å². The van der Waals surface area contributed by atoms with E-state index in [0.717, 1.165) is 33.3 Å². The molecule has 1 N–H and O–H groups in total. The van der Waals surface area contributed by atoms with Crippen LogP contribution in [0.4, 0.5) is 0 Å². The van der Waals surface area contributed by atoms with Gasteiger partial charge in [-0.1, -0.05) is 29.3 Å². The van der Waals surface area contributed by atoms with Gasteiger partial charge in [0.1, 0.15) is 5.75 Å². The number of rotatable bonds is 3. The number of fused-ring (bicyclic) bond motifs is 1. The van der Waals surface area contributed by atoms with Crippen LogP contribution < -0.4 is 4.74 Å². The molecule has 0 aromatic heterocycles. The molecule has 2 aromatic carbocycles. The van der Waals surface area contributed by atoms with Crippen LogP contribution in [-0.2, 0) is 12.8 Å². The van der Waals surface area contributed by atoms with Crippen molar-refractivity contribution in [2.24, 2.45) is 0 Å². The van der Waals surface area contributed by atoms with Crippen LogP contribution in [0.2, 0.25) is 10.0 Å². The number of benzene rings is 2. The van der Waals surface area contributed by atoms with E-state index in [9.17, 15) is 5.11 Å². The van der Waals surface area contributed by atoms with Gasteiger partial charge in [0.2, 0.25) is 0 Å². The average molecular weight is 388 g/mol. The molecule has 0 spiro atoms. The van der Waals surface area contributed by atoms with E-state index in [2.05, 4.69) is 15.9 Å². The van der Waals surface area contributed by atoms with Crippen molar-refractivity contribution in [2.75, 3.05) is 6.61 Å². The van der Waals surface area contributed by atoms with Gasteiger partial charge in [-0.05, 0) is 56.9 Å². The Kier molecular flexibility index (Phi) is 4.46. The minimum Gasteiger partial charge on any atom is -0.493 e. The van der Waals surface area contributed by atoms with Crippen molar-refractivity contribution in [2.45, 2.75) is 18.9 Å². The zero-order chi connectivity index (χ0) is 15.0. The number of halogens is 3. The fraction of sp³-hybridized carbons (Fsp3) is 0.250. The Morgan fingerprint density at radius 1 is 1.24 bits per heavy atom. The van der Waals surface area contributed by atoms with Gasteiger partial charge in [-0.2, -0.15) is 0 Å². The van der Waals surface area contributed by atoms with Crippen LogP contribution in [0.15, 0.2) is 34.8 Å². The van der Waals surface area contributed by atoms with Gasteiger partial charge in [0, 0.05) is 22.3 Å². The Bertz CT molecular complexity index is 688. The monoisotopic (exact) mass is 386 g/mol. The van der Waals surface area contributed by atoms with Gasteiger partial charge in [-0.3, -0.25) is 0 Å². The summed E-state index contributed by atoms with van der Waals surface area (Å²) in [4.78, 5) is 0. The lowest BCUT2D eigenvalue weighted by Crippen LogP contribution is -2.03. The zero-order valence-electron chi connectivity index (χ0n) is 11.1. The Morgan fingerprint density at radius 3 is 2.81 bits per heavy atom. The van der Waals surface area contributed by atoms with Crippen molar-refractivity contribution in [1.29, 1.82) is 0 Å². The van der Waals surface area contributed by atoms with Gasteiger partial charge in [0.15, 0.2) is 0 Å². The standard InChI is InChI=1S/C16H13BrCl2O2/c17-13-2-1-9(7-14(13)19)15(20)8-11-6-12(18)5-10-3-4-21-16(10)11/h1-2,5-7,15,20H,3-4,8H2. The van der Waals surface area contributed by atoms with Crippen LogP contribution in [0.5, 0.6) is 5.75 Å². The molecule has 1 aliphatic rings. The highest BCUT2D eigenvalue weighted by molar-refractivity contribution is 9.10. The maximum Gasteiger partial charge on any atom is 0.126 e. The Balaban J connectivity index is 1.88. The summed E-state index contributed by atoms with van der Waals surface area (Å²) in [6.45, 7) is 0.670. The predicted molar refractivity (Wildman–Crippen MR) is 88.5 cm³/mol. The molecule has 1 atom stereocenters. The number of hydrogen-bond donors (Lipinski definition) is 1. The van der Waals surface area contributed by atoms with Crippen molar-refractivity contribution in [3.8, 4) is 5.75 Å². The van der Waals surface area contributed by atoms with Crippen molar-refractivity contribution in [1.82, 2.24) is 0 Å². The molecule has 2 aromatic rings. The maximum atomic E-state index is 10.4. The van der Waals surface area contributed by atoms with E-state index >= 15 is 0 Å². The lowest BCUT2D eigenvalue weighted by Gasteiger charge is -2.15. The first kappa shape index (κ1) is 15.2. The Labute approximate surface area is 141 Å². The first-order chi connectivity index (χ1) is 10.0. The second-order valence-corrected chi connectivity index (χ2v) is 6.74. The SMILES string of the molecule is OC(Cc1cc(Cl)cc2c1OCC2)c1ccc(Br)c(Cl)c1. The van der Waals surface area contributed by atoms with Crippen LogP contribution in [0.25, 0.3) is 0 Å². The molecule has 2 nitrogen and oxygen atoms in total. The molecule has 0 saturated carbocycles. The van der Waals surface area contributed by atoms with E-state index in [0.29, 0.717) is 23.1 Å². The molecular formula is C16H13BrCl2O2. The van der Waals surface area contributed by atoms with Crippen LogP contribution in [-0.4, -0.2) is 11.7 Å². The smallest absolute Gasteiger partial charge is 0.126 e. The molecule has 0 fully saturated rings. The first-order valence-corrected chi connectivity index (χ1v) is 8.16. The van der Waals surface area contributed by atoms with E-state index in [4.69, 9.17) is 27.9 Å². The largest absolute Gasteiger partial charge is 0.493 e. The van der Waals surface area contributed by atoms with E-state index in [1.165, 1.54) is 0 Å². The third-order valence-electron chi connectivity index (χ3n) is 3.57. The molecule has 0 saturated heterocycles. The van der Waals surface area contributed by atoms with Crippen LogP contribution >= 0.6 is 39.1 Å². The third kappa shape index (κ3) is 3.21. The second kappa shape index (κ2) is 6.17. The number of aliphatic hydroxyl groups excluding tert-OH is 1. The minimum atomic E-state index is -0.651. The van der Waals surface area contributed by atoms with E-state index < -0.39 is 6.10 Å². The summed E-state index contributed by atoms with van der Waals surface area (Å²) < 4.78 is 6.47. The van der Waals surface area contributed by atoms with Crippen molar-refractivity contribution in [3.05, 3.63) is 61.5 Å². The second-order valence-electron chi connectivity index (χ2n) is 5.05. The van der Waals surface area contributed by atoms with Crippen molar-refractivity contribution in [3.63, 3.8) is 0 Å². The number of hydrogen-bond acceptors (Lipinski definition) is 2. The Hall–Kier alpha value is -0.740. The van der Waals surface area contributed by atoms with Gasteiger partial charge in [-0.25, -0.2) is 0 Å². The highest BCUT2D eigenvalue weighted by Gasteiger charge is 2.20. The highest BCUT2D eigenvalue weighted by Crippen LogP contribution is 2.36. The molecule has 110 valence electrons. The molecule has 3 rings (SSSR count). The normalized spacial score (nSPS) is 14.7. The lowest BCUT2D eigenvalue weighted by molar-refractivity contribution is 0.177. The van der Waals surface area contributed by atoms with Gasteiger partial charge < -0.3 is 9.84 Å². The molecule has 1 unspecified atom stereocenters. The van der Waals surface area contributed by atoms with Gasteiger partial charge in [-0.15, -0.1) is 0 Å². The molecular weight excluding hydrogens is 375 g/mol. The molecule has 0 amide bonds. The summed E-state index contributed by atoms with van der Waals surface area (Å²) in [5.41, 5.74) is 2.81. The third-order valence-corrected chi connectivity index (χ3v) is 5.02. The summed E-state index contributed by atoms with van der Waals surface area (Å²) in [6, 6.07) is 9.24. The van der Waals surface area contributed by atoms with Crippen molar-refractivity contribution >= 4 is 39.1 Å². The molecule has 0 aliphatic carbocycles. The van der Waals surface area contributed by atoms with Gasteiger partial charge >= 0.3 is 0 Å². The average Bonchev–Trinajstić information content (AvgIpc) is 2.90. The molecule has 1 heterocycles. The summed E-state index contributed by atoms with van der Waals surface area (Å²) in [7, 11) is 0. The predicted octanol–water partition coefficient (Wildman–Crippen LogP) is 4.97. The fourth-order valence-electron chi connectivity index (χ4n) is 2.54. The zero-order valence-corrected chi connectivity index (χ0v) is 14.2. The number of ether oxygens (including phenoxy) is 1.